The Kier molecular flexibility index (Phi) is 3.75. The Hall–Kier alpha value is -2.76. The van der Waals surface area contributed by atoms with Crippen LogP contribution in [0.25, 0.3) is 11.0 Å². The minimum absolute atomic E-state index is 0.171. The molecule has 3 aromatic heterocycles. The van der Waals surface area contributed by atoms with Gasteiger partial charge in [-0.1, -0.05) is 0 Å². The van der Waals surface area contributed by atoms with Crippen molar-refractivity contribution in [2.24, 2.45) is 0 Å². The van der Waals surface area contributed by atoms with Crippen molar-refractivity contribution in [3.63, 3.8) is 0 Å². The number of fused-ring (bicyclic) bond motifs is 1. The number of nitrogens with one attached hydrogen (secondary N) is 1. The maximum absolute atomic E-state index is 12.9. The normalized spacial score (nSPS) is 14.2. The molecule has 3 aromatic rings. The van der Waals surface area contributed by atoms with Crippen LogP contribution in [0.15, 0.2) is 30.6 Å². The third-order valence-electron chi connectivity index (χ3n) is 4.47. The zero-order valence-electron chi connectivity index (χ0n) is 14.7. The molecule has 6 heteroatoms. The molecule has 25 heavy (non-hydrogen) atoms. The summed E-state index contributed by atoms with van der Waals surface area (Å²) in [5.74, 6) is 0.846. The van der Waals surface area contributed by atoms with Crippen LogP contribution in [0, 0.1) is 6.92 Å². The van der Waals surface area contributed by atoms with Gasteiger partial charge in [0.2, 0.25) is 0 Å². The molecule has 0 unspecified atom stereocenters. The average molecular weight is 335 g/mol. The third kappa shape index (κ3) is 2.99. The SMILES string of the molecule is Cc1ccnc(NC(=O)c2cc(C3CC3)nc3c2cnn3C(C)C)c1. The van der Waals surface area contributed by atoms with E-state index in [-0.39, 0.29) is 11.9 Å². The predicted molar refractivity (Wildman–Crippen MR) is 96.8 cm³/mol. The van der Waals surface area contributed by atoms with E-state index < -0.39 is 0 Å². The van der Waals surface area contributed by atoms with Gasteiger partial charge >= 0.3 is 0 Å². The number of aromatic nitrogens is 4. The second kappa shape index (κ2) is 5.95. The number of anilines is 1. The van der Waals surface area contributed by atoms with Gasteiger partial charge < -0.3 is 5.32 Å². The van der Waals surface area contributed by atoms with Gasteiger partial charge in [0, 0.05) is 23.9 Å². The molecular weight excluding hydrogens is 314 g/mol. The first-order valence-corrected chi connectivity index (χ1v) is 8.65. The van der Waals surface area contributed by atoms with Crippen molar-refractivity contribution in [2.75, 3.05) is 5.32 Å². The molecule has 1 aliphatic carbocycles. The highest BCUT2D eigenvalue weighted by molar-refractivity contribution is 6.11. The summed E-state index contributed by atoms with van der Waals surface area (Å²) in [7, 11) is 0. The van der Waals surface area contributed by atoms with Crippen molar-refractivity contribution in [1.29, 1.82) is 0 Å². The summed E-state index contributed by atoms with van der Waals surface area (Å²) in [6.45, 7) is 6.10. The second-order valence-electron chi connectivity index (χ2n) is 6.96. The van der Waals surface area contributed by atoms with Crippen molar-refractivity contribution in [2.45, 2.75) is 45.6 Å². The van der Waals surface area contributed by atoms with E-state index in [1.165, 1.54) is 0 Å². The van der Waals surface area contributed by atoms with Crippen LogP contribution in [0.4, 0.5) is 5.82 Å². The van der Waals surface area contributed by atoms with Gasteiger partial charge in [0.25, 0.3) is 5.91 Å². The molecule has 0 bridgehead atoms. The van der Waals surface area contributed by atoms with Crippen molar-refractivity contribution >= 4 is 22.8 Å². The fourth-order valence-electron chi connectivity index (χ4n) is 2.98. The topological polar surface area (TPSA) is 72.7 Å². The molecule has 0 spiro atoms. The van der Waals surface area contributed by atoms with Crippen LogP contribution >= 0.6 is 0 Å². The zero-order valence-corrected chi connectivity index (χ0v) is 14.7. The Bertz CT molecular complexity index is 956. The molecule has 0 aromatic carbocycles. The van der Waals surface area contributed by atoms with E-state index in [1.807, 2.05) is 29.8 Å². The quantitative estimate of drug-likeness (QED) is 0.786. The second-order valence-corrected chi connectivity index (χ2v) is 6.96. The molecule has 1 fully saturated rings. The molecule has 0 aliphatic heterocycles. The van der Waals surface area contributed by atoms with Gasteiger partial charge in [-0.15, -0.1) is 0 Å². The fourth-order valence-corrected chi connectivity index (χ4v) is 2.98. The van der Waals surface area contributed by atoms with Gasteiger partial charge in [-0.2, -0.15) is 5.10 Å². The summed E-state index contributed by atoms with van der Waals surface area (Å²) in [6, 6.07) is 5.86. The summed E-state index contributed by atoms with van der Waals surface area (Å²) < 4.78 is 1.88. The monoisotopic (exact) mass is 335 g/mol. The number of rotatable bonds is 4. The number of hydrogen-bond acceptors (Lipinski definition) is 4. The van der Waals surface area contributed by atoms with Gasteiger partial charge in [-0.25, -0.2) is 14.6 Å². The van der Waals surface area contributed by atoms with Crippen molar-refractivity contribution in [3.05, 3.63) is 47.4 Å². The first-order valence-electron chi connectivity index (χ1n) is 8.65. The van der Waals surface area contributed by atoms with E-state index in [9.17, 15) is 4.79 Å². The summed E-state index contributed by atoms with van der Waals surface area (Å²) in [5.41, 5.74) is 3.43. The van der Waals surface area contributed by atoms with E-state index >= 15 is 0 Å². The minimum Gasteiger partial charge on any atom is -0.307 e. The molecular formula is C19H21N5O. The van der Waals surface area contributed by atoms with Crippen LogP contribution in [0.5, 0.6) is 0 Å². The minimum atomic E-state index is -0.171. The van der Waals surface area contributed by atoms with Crippen LogP contribution < -0.4 is 5.32 Å². The number of carbonyl (C=O) groups excluding carboxylic acids is 1. The smallest absolute Gasteiger partial charge is 0.257 e. The van der Waals surface area contributed by atoms with E-state index in [0.717, 1.165) is 35.1 Å². The Morgan fingerprint density at radius 3 is 2.80 bits per heavy atom. The van der Waals surface area contributed by atoms with Gasteiger partial charge in [-0.05, 0) is 57.4 Å². The Labute approximate surface area is 146 Å². The van der Waals surface area contributed by atoms with Crippen LogP contribution in [0.3, 0.4) is 0 Å². The number of carbonyl (C=O) groups is 1. The van der Waals surface area contributed by atoms with Crippen molar-refractivity contribution in [3.8, 4) is 0 Å². The van der Waals surface area contributed by atoms with Gasteiger partial charge in [0.15, 0.2) is 5.65 Å². The Morgan fingerprint density at radius 2 is 2.12 bits per heavy atom. The molecule has 1 saturated carbocycles. The maximum atomic E-state index is 12.9. The van der Waals surface area contributed by atoms with Gasteiger partial charge in [-0.3, -0.25) is 4.79 Å². The van der Waals surface area contributed by atoms with E-state index in [2.05, 4.69) is 29.2 Å². The summed E-state index contributed by atoms with van der Waals surface area (Å²) in [6.07, 6.45) is 5.70. The third-order valence-corrected chi connectivity index (χ3v) is 4.47. The molecule has 0 radical (unpaired) electrons. The van der Waals surface area contributed by atoms with Crippen LogP contribution in [-0.4, -0.2) is 25.7 Å². The molecule has 0 saturated heterocycles. The molecule has 4 rings (SSSR count). The Morgan fingerprint density at radius 1 is 1.32 bits per heavy atom. The fraction of sp³-hybridized carbons (Fsp3) is 0.368. The van der Waals surface area contributed by atoms with E-state index in [0.29, 0.717) is 17.3 Å². The largest absolute Gasteiger partial charge is 0.307 e. The standard InChI is InChI=1S/C19H21N5O/c1-11(2)24-18-15(10-21-24)14(9-16(22-18)13-4-5-13)19(25)23-17-8-12(3)6-7-20-17/h6-11,13H,4-5H2,1-3H3,(H,20,23,25). The van der Waals surface area contributed by atoms with E-state index in [4.69, 9.17) is 4.98 Å². The molecule has 1 N–H and O–H groups in total. The Balaban J connectivity index is 1.78. The first kappa shape index (κ1) is 15.7. The summed E-state index contributed by atoms with van der Waals surface area (Å²) >= 11 is 0. The highest BCUT2D eigenvalue weighted by Gasteiger charge is 2.28. The van der Waals surface area contributed by atoms with Crippen LogP contribution in [0.1, 0.15) is 60.3 Å². The lowest BCUT2D eigenvalue weighted by atomic mass is 10.1. The molecule has 6 nitrogen and oxygen atoms in total. The zero-order chi connectivity index (χ0) is 17.6. The lowest BCUT2D eigenvalue weighted by Crippen LogP contribution is -2.14. The molecule has 1 aliphatic rings. The molecule has 128 valence electrons. The lowest BCUT2D eigenvalue weighted by Gasteiger charge is -2.10. The maximum Gasteiger partial charge on any atom is 0.257 e. The van der Waals surface area contributed by atoms with Crippen molar-refractivity contribution < 1.29 is 4.79 Å². The van der Waals surface area contributed by atoms with Gasteiger partial charge in [0.05, 0.1) is 17.1 Å². The van der Waals surface area contributed by atoms with Crippen molar-refractivity contribution in [1.82, 2.24) is 19.7 Å². The van der Waals surface area contributed by atoms with E-state index in [1.54, 1.807) is 12.4 Å². The molecule has 3 heterocycles. The number of nitrogens with zero attached hydrogens (tertiary/aromatic N) is 4. The van der Waals surface area contributed by atoms with Crippen LogP contribution in [0.2, 0.25) is 0 Å². The number of amides is 1. The lowest BCUT2D eigenvalue weighted by molar-refractivity contribution is 0.102. The average Bonchev–Trinajstić information content (AvgIpc) is 3.32. The summed E-state index contributed by atoms with van der Waals surface area (Å²) in [5, 5.41) is 8.12. The number of pyridine rings is 2. The molecule has 1 amide bonds. The number of aryl methyl sites for hydroxylation is 1. The molecule has 0 atom stereocenters. The highest BCUT2D eigenvalue weighted by atomic mass is 16.1. The predicted octanol–water partition coefficient (Wildman–Crippen LogP) is 3.85. The number of hydrogen-bond donors (Lipinski definition) is 1. The first-order chi connectivity index (χ1) is 12.0. The summed E-state index contributed by atoms with van der Waals surface area (Å²) in [4.78, 5) is 21.9. The highest BCUT2D eigenvalue weighted by Crippen LogP contribution is 2.40. The van der Waals surface area contributed by atoms with Crippen LogP contribution in [-0.2, 0) is 0 Å². The van der Waals surface area contributed by atoms with Gasteiger partial charge in [0.1, 0.15) is 5.82 Å².